The summed E-state index contributed by atoms with van der Waals surface area (Å²) in [6, 6.07) is 0. The third-order valence-electron chi connectivity index (χ3n) is 3.23. The molecule has 0 heterocycles. The summed E-state index contributed by atoms with van der Waals surface area (Å²) in [6.07, 6.45) is 9.18. The first-order chi connectivity index (χ1) is 7.29. The number of ketones is 1. The zero-order valence-corrected chi connectivity index (χ0v) is 9.87. The van der Waals surface area contributed by atoms with Crippen LogP contribution < -0.4 is 0 Å². The van der Waals surface area contributed by atoms with E-state index in [1.165, 1.54) is 0 Å². The van der Waals surface area contributed by atoms with Crippen LogP contribution in [0.5, 0.6) is 0 Å². The fourth-order valence-corrected chi connectivity index (χ4v) is 2.33. The predicted octanol–water partition coefficient (Wildman–Crippen LogP) is 2.97. The SMILES string of the molecule is CC/C=C\CC1C(=O)CCC1CCOC. The van der Waals surface area contributed by atoms with Crippen LogP contribution in [0.25, 0.3) is 0 Å². The van der Waals surface area contributed by atoms with Gasteiger partial charge in [0, 0.05) is 26.1 Å². The van der Waals surface area contributed by atoms with Gasteiger partial charge in [0.1, 0.15) is 5.78 Å². The molecule has 2 atom stereocenters. The molecule has 0 aromatic heterocycles. The van der Waals surface area contributed by atoms with E-state index in [4.69, 9.17) is 4.74 Å². The second-order valence-electron chi connectivity index (χ2n) is 4.27. The molecule has 15 heavy (non-hydrogen) atoms. The van der Waals surface area contributed by atoms with Crippen molar-refractivity contribution in [1.82, 2.24) is 0 Å². The molecule has 0 spiro atoms. The molecule has 0 saturated heterocycles. The summed E-state index contributed by atoms with van der Waals surface area (Å²) in [4.78, 5) is 11.7. The van der Waals surface area contributed by atoms with Crippen molar-refractivity contribution in [2.75, 3.05) is 13.7 Å². The number of hydrogen-bond donors (Lipinski definition) is 0. The van der Waals surface area contributed by atoms with Gasteiger partial charge in [-0.1, -0.05) is 19.1 Å². The average molecular weight is 210 g/mol. The topological polar surface area (TPSA) is 26.3 Å². The van der Waals surface area contributed by atoms with E-state index < -0.39 is 0 Å². The molecule has 1 aliphatic rings. The minimum Gasteiger partial charge on any atom is -0.385 e. The van der Waals surface area contributed by atoms with Crippen LogP contribution in [0.15, 0.2) is 12.2 Å². The maximum absolute atomic E-state index is 11.7. The van der Waals surface area contributed by atoms with Gasteiger partial charge in [-0.05, 0) is 31.6 Å². The quantitative estimate of drug-likeness (QED) is 0.630. The van der Waals surface area contributed by atoms with Gasteiger partial charge in [-0.15, -0.1) is 0 Å². The van der Waals surface area contributed by atoms with Gasteiger partial charge >= 0.3 is 0 Å². The number of Topliss-reactive ketones (excluding diaryl/α,β-unsaturated/α-hetero) is 1. The molecule has 0 bridgehead atoms. The van der Waals surface area contributed by atoms with E-state index in [1.54, 1.807) is 7.11 Å². The van der Waals surface area contributed by atoms with Crippen molar-refractivity contribution in [3.8, 4) is 0 Å². The van der Waals surface area contributed by atoms with Crippen LogP contribution in [0.2, 0.25) is 0 Å². The molecule has 0 aromatic rings. The van der Waals surface area contributed by atoms with E-state index in [9.17, 15) is 4.79 Å². The normalized spacial score (nSPS) is 26.7. The number of hydrogen-bond acceptors (Lipinski definition) is 2. The second kappa shape index (κ2) is 6.78. The zero-order chi connectivity index (χ0) is 11.1. The Bertz CT molecular complexity index is 221. The van der Waals surface area contributed by atoms with Gasteiger partial charge in [-0.25, -0.2) is 0 Å². The number of ether oxygens (including phenoxy) is 1. The van der Waals surface area contributed by atoms with E-state index in [1.807, 2.05) is 0 Å². The Balaban J connectivity index is 2.41. The van der Waals surface area contributed by atoms with Crippen molar-refractivity contribution in [1.29, 1.82) is 0 Å². The highest BCUT2D eigenvalue weighted by Gasteiger charge is 2.32. The standard InChI is InChI=1S/C13H22O2/c1-3-4-5-6-12-11(9-10-15-2)7-8-13(12)14/h4-5,11-12H,3,6-10H2,1-2H3/b5-4-. The van der Waals surface area contributed by atoms with Gasteiger partial charge < -0.3 is 4.74 Å². The van der Waals surface area contributed by atoms with Crippen LogP contribution in [-0.4, -0.2) is 19.5 Å². The molecule has 0 radical (unpaired) electrons. The van der Waals surface area contributed by atoms with E-state index in [-0.39, 0.29) is 5.92 Å². The molecule has 86 valence electrons. The number of rotatable bonds is 6. The minimum absolute atomic E-state index is 0.267. The van der Waals surface area contributed by atoms with Crippen molar-refractivity contribution >= 4 is 5.78 Å². The highest BCUT2D eigenvalue weighted by molar-refractivity contribution is 5.83. The molecule has 2 unspecified atom stereocenters. The van der Waals surface area contributed by atoms with Gasteiger partial charge in [-0.2, -0.15) is 0 Å². The maximum Gasteiger partial charge on any atom is 0.136 e. The summed E-state index contributed by atoms with van der Waals surface area (Å²) >= 11 is 0. The molecule has 1 fully saturated rings. The molecule has 0 N–H and O–H groups in total. The number of carbonyl (C=O) groups is 1. The van der Waals surface area contributed by atoms with Crippen molar-refractivity contribution in [3.63, 3.8) is 0 Å². The van der Waals surface area contributed by atoms with E-state index >= 15 is 0 Å². The Morgan fingerprint density at radius 3 is 2.93 bits per heavy atom. The molecule has 2 heteroatoms. The summed E-state index contributed by atoms with van der Waals surface area (Å²) in [5.41, 5.74) is 0. The third kappa shape index (κ3) is 3.78. The monoisotopic (exact) mass is 210 g/mol. The number of methoxy groups -OCH3 is 1. The molecule has 0 aromatic carbocycles. The fraction of sp³-hybridized carbons (Fsp3) is 0.769. The van der Waals surface area contributed by atoms with Crippen LogP contribution in [-0.2, 0) is 9.53 Å². The van der Waals surface area contributed by atoms with Gasteiger partial charge in [0.05, 0.1) is 0 Å². The summed E-state index contributed by atoms with van der Waals surface area (Å²) < 4.78 is 5.08. The second-order valence-corrected chi connectivity index (χ2v) is 4.27. The van der Waals surface area contributed by atoms with Crippen LogP contribution in [0.3, 0.4) is 0 Å². The molecule has 0 aliphatic heterocycles. The van der Waals surface area contributed by atoms with Crippen molar-refractivity contribution in [2.24, 2.45) is 11.8 Å². The third-order valence-corrected chi connectivity index (χ3v) is 3.23. The first-order valence-corrected chi connectivity index (χ1v) is 5.96. The molecule has 0 amide bonds. The fourth-order valence-electron chi connectivity index (χ4n) is 2.33. The lowest BCUT2D eigenvalue weighted by Gasteiger charge is -2.16. The molecule has 2 nitrogen and oxygen atoms in total. The Morgan fingerprint density at radius 2 is 2.27 bits per heavy atom. The lowest BCUT2D eigenvalue weighted by molar-refractivity contribution is -0.121. The molecular formula is C13H22O2. The van der Waals surface area contributed by atoms with Crippen LogP contribution in [0, 0.1) is 11.8 Å². The van der Waals surface area contributed by atoms with Gasteiger partial charge in [0.15, 0.2) is 0 Å². The predicted molar refractivity (Wildman–Crippen MR) is 61.8 cm³/mol. The van der Waals surface area contributed by atoms with Gasteiger partial charge in [0.25, 0.3) is 0 Å². The Hall–Kier alpha value is -0.630. The lowest BCUT2D eigenvalue weighted by Crippen LogP contribution is -2.15. The summed E-state index contributed by atoms with van der Waals surface area (Å²) in [5, 5.41) is 0. The number of carbonyl (C=O) groups excluding carboxylic acids is 1. The van der Waals surface area contributed by atoms with E-state index in [0.717, 1.165) is 38.7 Å². The molecule has 1 saturated carbocycles. The number of allylic oxidation sites excluding steroid dienone is 2. The van der Waals surface area contributed by atoms with Gasteiger partial charge in [-0.3, -0.25) is 4.79 Å². The van der Waals surface area contributed by atoms with Crippen molar-refractivity contribution < 1.29 is 9.53 Å². The zero-order valence-electron chi connectivity index (χ0n) is 9.87. The smallest absolute Gasteiger partial charge is 0.136 e. The van der Waals surface area contributed by atoms with Crippen LogP contribution >= 0.6 is 0 Å². The van der Waals surface area contributed by atoms with Crippen molar-refractivity contribution in [2.45, 2.75) is 39.0 Å². The first kappa shape index (κ1) is 12.4. The lowest BCUT2D eigenvalue weighted by atomic mass is 9.90. The van der Waals surface area contributed by atoms with Crippen LogP contribution in [0.4, 0.5) is 0 Å². The van der Waals surface area contributed by atoms with Crippen LogP contribution in [0.1, 0.15) is 39.0 Å². The van der Waals surface area contributed by atoms with E-state index in [0.29, 0.717) is 11.7 Å². The highest BCUT2D eigenvalue weighted by atomic mass is 16.5. The molecule has 1 rings (SSSR count). The first-order valence-electron chi connectivity index (χ1n) is 5.96. The van der Waals surface area contributed by atoms with Gasteiger partial charge in [0.2, 0.25) is 0 Å². The summed E-state index contributed by atoms with van der Waals surface area (Å²) in [5.74, 6) is 1.28. The Morgan fingerprint density at radius 1 is 1.47 bits per heavy atom. The largest absolute Gasteiger partial charge is 0.385 e. The highest BCUT2D eigenvalue weighted by Crippen LogP contribution is 2.33. The maximum atomic E-state index is 11.7. The Labute approximate surface area is 92.7 Å². The average Bonchev–Trinajstić information content (AvgIpc) is 2.58. The van der Waals surface area contributed by atoms with Crippen molar-refractivity contribution in [3.05, 3.63) is 12.2 Å². The minimum atomic E-state index is 0.267. The summed E-state index contributed by atoms with van der Waals surface area (Å²) in [7, 11) is 1.72. The van der Waals surface area contributed by atoms with E-state index in [2.05, 4.69) is 19.1 Å². The Kier molecular flexibility index (Phi) is 5.62. The molecule has 1 aliphatic carbocycles. The molecular weight excluding hydrogens is 188 g/mol. The summed E-state index contributed by atoms with van der Waals surface area (Å²) in [6.45, 7) is 2.90.